The molecule has 0 amide bonds. The minimum absolute atomic E-state index is 0. The van der Waals surface area contributed by atoms with Crippen molar-refractivity contribution >= 4 is 51.8 Å². The van der Waals surface area contributed by atoms with E-state index in [1.54, 1.807) is 37.0 Å². The molecular weight excluding hydrogens is 564 g/mol. The van der Waals surface area contributed by atoms with Gasteiger partial charge in [-0.3, -0.25) is 18.9 Å². The van der Waals surface area contributed by atoms with Crippen LogP contribution in [0.2, 0.25) is 5.15 Å². The molecule has 202 valence electrons. The topological polar surface area (TPSA) is 94.9 Å². The van der Waals surface area contributed by atoms with Crippen LogP contribution in [0.5, 0.6) is 0 Å². The predicted octanol–water partition coefficient (Wildman–Crippen LogP) is 4.51. The summed E-state index contributed by atoms with van der Waals surface area (Å²) in [6.45, 7) is 0.225. The molecule has 1 unspecified atom stereocenters. The lowest BCUT2D eigenvalue weighted by molar-refractivity contribution is 0.238. The van der Waals surface area contributed by atoms with Crippen LogP contribution in [0.15, 0.2) is 75.9 Å². The largest absolute Gasteiger partial charge is 0.396 e. The van der Waals surface area contributed by atoms with Gasteiger partial charge in [-0.1, -0.05) is 35.9 Å². The molecule has 1 atom stereocenters. The SMILES string of the molecule is Cl.Cn1c(=O)c2c(-c3cccc(F)c3)n3c(c2n(C)c1=O)C(c1nc(Cl)cs1)=CC(CO)C3.c1ccncc1. The van der Waals surface area contributed by atoms with Crippen LogP contribution in [0.1, 0.15) is 10.7 Å². The summed E-state index contributed by atoms with van der Waals surface area (Å²) in [5.41, 5.74) is 1.79. The zero-order valence-electron chi connectivity index (χ0n) is 20.9. The molecule has 0 saturated carbocycles. The Morgan fingerprint density at radius 2 is 1.85 bits per heavy atom. The fourth-order valence-electron chi connectivity index (χ4n) is 4.68. The third kappa shape index (κ3) is 5.20. The predicted molar refractivity (Wildman–Crippen MR) is 154 cm³/mol. The summed E-state index contributed by atoms with van der Waals surface area (Å²) < 4.78 is 18.5. The van der Waals surface area contributed by atoms with Crippen molar-refractivity contribution in [3.05, 3.63) is 109 Å². The monoisotopic (exact) mass is 587 g/mol. The molecule has 0 saturated heterocycles. The fraction of sp³-hybridized carbons (Fsp3) is 0.185. The Morgan fingerprint density at radius 1 is 1.10 bits per heavy atom. The van der Waals surface area contributed by atoms with Gasteiger partial charge in [0.15, 0.2) is 0 Å². The zero-order valence-corrected chi connectivity index (χ0v) is 23.3. The highest BCUT2D eigenvalue weighted by Gasteiger charge is 2.32. The Hall–Kier alpha value is -3.57. The second-order valence-corrected chi connectivity index (χ2v) is 10.0. The smallest absolute Gasteiger partial charge is 0.331 e. The number of rotatable bonds is 3. The van der Waals surface area contributed by atoms with Gasteiger partial charge in [0.05, 0.1) is 28.9 Å². The van der Waals surface area contributed by atoms with E-state index in [2.05, 4.69) is 9.97 Å². The van der Waals surface area contributed by atoms with Crippen LogP contribution in [-0.2, 0) is 20.6 Å². The van der Waals surface area contributed by atoms with E-state index >= 15 is 0 Å². The number of halogens is 3. The minimum Gasteiger partial charge on any atom is -0.396 e. The first-order valence-electron chi connectivity index (χ1n) is 11.7. The summed E-state index contributed by atoms with van der Waals surface area (Å²) in [5.74, 6) is -0.708. The standard InChI is InChI=1S/C22H18ClFN4O3S.C5H5N.ClH/c1-26-19-16(21(30)27(2)22(26)31)17(12-4-3-5-13(24)7-12)28-8-11(9-29)6-14(18(19)28)20-25-15(23)10-32-20;1-2-4-6-5-3-1;/h3-7,10-11,29H,8-9H2,1-2H3;1-5H;1H. The van der Waals surface area contributed by atoms with Gasteiger partial charge >= 0.3 is 5.69 Å². The quantitative estimate of drug-likeness (QED) is 0.335. The van der Waals surface area contributed by atoms with Crippen LogP contribution >= 0.6 is 35.3 Å². The Bertz CT molecular complexity index is 1770. The molecule has 5 heterocycles. The van der Waals surface area contributed by atoms with E-state index < -0.39 is 17.1 Å². The maximum atomic E-state index is 14.2. The summed E-state index contributed by atoms with van der Waals surface area (Å²) in [6.07, 6.45) is 5.39. The van der Waals surface area contributed by atoms with E-state index in [9.17, 15) is 19.1 Å². The molecule has 1 aromatic carbocycles. The van der Waals surface area contributed by atoms with Crippen molar-refractivity contribution in [3.63, 3.8) is 0 Å². The molecule has 6 rings (SSSR count). The van der Waals surface area contributed by atoms with Gasteiger partial charge in [0.25, 0.3) is 5.56 Å². The first-order chi connectivity index (χ1) is 18.3. The van der Waals surface area contributed by atoms with Gasteiger partial charge < -0.3 is 9.67 Å². The number of fused-ring (bicyclic) bond motifs is 3. The molecule has 0 fully saturated rings. The highest BCUT2D eigenvalue weighted by atomic mass is 35.5. The number of hydrogen-bond acceptors (Lipinski definition) is 6. The van der Waals surface area contributed by atoms with Crippen LogP contribution in [-0.4, -0.2) is 35.4 Å². The summed E-state index contributed by atoms with van der Waals surface area (Å²) >= 11 is 7.41. The van der Waals surface area contributed by atoms with E-state index in [4.69, 9.17) is 11.6 Å². The molecule has 39 heavy (non-hydrogen) atoms. The van der Waals surface area contributed by atoms with Crippen LogP contribution in [0, 0.1) is 11.7 Å². The van der Waals surface area contributed by atoms with Gasteiger partial charge in [-0.15, -0.1) is 23.7 Å². The lowest BCUT2D eigenvalue weighted by atomic mass is 9.99. The maximum Gasteiger partial charge on any atom is 0.331 e. The molecular formula is C27H24Cl2FN5O3S. The summed E-state index contributed by atoms with van der Waals surface area (Å²) in [6, 6.07) is 11.7. The van der Waals surface area contributed by atoms with Crippen molar-refractivity contribution in [2.24, 2.45) is 20.0 Å². The van der Waals surface area contributed by atoms with E-state index in [0.717, 1.165) is 4.57 Å². The van der Waals surface area contributed by atoms with Crippen molar-refractivity contribution < 1.29 is 9.50 Å². The Kier molecular flexibility index (Phi) is 8.51. The molecule has 8 nitrogen and oxygen atoms in total. The van der Waals surface area contributed by atoms with Crippen LogP contribution in [0.3, 0.4) is 0 Å². The lowest BCUT2D eigenvalue weighted by Crippen LogP contribution is -2.36. The number of hydrogen-bond donors (Lipinski definition) is 1. The summed E-state index contributed by atoms with van der Waals surface area (Å²) in [5, 5.41) is 12.9. The molecule has 1 aliphatic heterocycles. The molecule has 0 bridgehead atoms. The van der Waals surface area contributed by atoms with Crippen molar-refractivity contribution in [1.29, 1.82) is 0 Å². The number of aromatic nitrogens is 5. The number of aliphatic hydroxyl groups is 1. The Morgan fingerprint density at radius 3 is 2.41 bits per heavy atom. The second kappa shape index (κ2) is 11.7. The van der Waals surface area contributed by atoms with Gasteiger partial charge in [-0.05, 0) is 24.3 Å². The highest BCUT2D eigenvalue weighted by molar-refractivity contribution is 7.11. The molecule has 12 heteroatoms. The van der Waals surface area contributed by atoms with Crippen LogP contribution in [0.25, 0.3) is 27.7 Å². The normalized spacial score (nSPS) is 14.2. The van der Waals surface area contributed by atoms with Crippen molar-refractivity contribution in [2.45, 2.75) is 6.54 Å². The van der Waals surface area contributed by atoms with Crippen molar-refractivity contribution in [3.8, 4) is 11.3 Å². The molecule has 0 aliphatic carbocycles. The fourth-order valence-corrected chi connectivity index (χ4v) is 5.65. The number of thiazole rings is 1. The number of benzene rings is 1. The van der Waals surface area contributed by atoms with Gasteiger partial charge in [-0.2, -0.15) is 0 Å². The molecule has 1 aliphatic rings. The first-order valence-corrected chi connectivity index (χ1v) is 12.9. The number of aliphatic hydroxyl groups excluding tert-OH is 1. The minimum atomic E-state index is -0.471. The van der Waals surface area contributed by atoms with Gasteiger partial charge in [0.2, 0.25) is 0 Å². The maximum absolute atomic E-state index is 14.2. The average Bonchev–Trinajstić information content (AvgIpc) is 3.53. The lowest BCUT2D eigenvalue weighted by Gasteiger charge is -2.24. The summed E-state index contributed by atoms with van der Waals surface area (Å²) in [7, 11) is 3.02. The molecule has 5 aromatic rings. The van der Waals surface area contributed by atoms with E-state index in [1.807, 2.05) is 28.8 Å². The van der Waals surface area contributed by atoms with Crippen LogP contribution < -0.4 is 11.2 Å². The molecule has 1 N–H and O–H groups in total. The number of pyridine rings is 1. The van der Waals surface area contributed by atoms with Gasteiger partial charge in [0, 0.05) is 55.5 Å². The Labute approximate surface area is 237 Å². The van der Waals surface area contributed by atoms with E-state index in [-0.39, 0.29) is 24.9 Å². The Balaban J connectivity index is 0.000000447. The van der Waals surface area contributed by atoms with E-state index in [1.165, 1.54) is 35.1 Å². The third-order valence-corrected chi connectivity index (χ3v) is 7.54. The van der Waals surface area contributed by atoms with Gasteiger partial charge in [0.1, 0.15) is 16.0 Å². The first kappa shape index (κ1) is 28.4. The highest BCUT2D eigenvalue weighted by Crippen LogP contribution is 2.42. The van der Waals surface area contributed by atoms with Gasteiger partial charge in [-0.25, -0.2) is 14.2 Å². The van der Waals surface area contributed by atoms with Crippen molar-refractivity contribution in [2.75, 3.05) is 6.61 Å². The van der Waals surface area contributed by atoms with E-state index in [0.29, 0.717) is 50.1 Å². The summed E-state index contributed by atoms with van der Waals surface area (Å²) in [4.78, 5) is 34.3. The zero-order chi connectivity index (χ0) is 27.0. The van der Waals surface area contributed by atoms with Crippen molar-refractivity contribution in [1.82, 2.24) is 23.7 Å². The molecule has 0 spiro atoms. The average molecular weight is 588 g/mol. The number of nitrogens with zero attached hydrogens (tertiary/aromatic N) is 5. The second-order valence-electron chi connectivity index (χ2n) is 8.77. The molecule has 0 radical (unpaired) electrons. The third-order valence-electron chi connectivity index (χ3n) is 6.35. The van der Waals surface area contributed by atoms with Crippen LogP contribution in [0.4, 0.5) is 4.39 Å². The number of aryl methyl sites for hydroxylation is 1. The molecule has 4 aromatic heterocycles.